The molecule has 98 valence electrons. The van der Waals surface area contributed by atoms with Gasteiger partial charge in [0.25, 0.3) is 0 Å². The molecule has 0 unspecified atom stereocenters. The summed E-state index contributed by atoms with van der Waals surface area (Å²) in [7, 11) is 0. The van der Waals surface area contributed by atoms with E-state index in [9.17, 15) is 22.4 Å². The average Bonchev–Trinajstić information content (AvgIpc) is 2.95. The zero-order valence-corrected chi connectivity index (χ0v) is 9.22. The van der Waals surface area contributed by atoms with Gasteiger partial charge < -0.3 is 5.11 Å². The molecule has 0 bridgehead atoms. The third-order valence-corrected chi connectivity index (χ3v) is 3.21. The van der Waals surface area contributed by atoms with Gasteiger partial charge in [0.15, 0.2) is 0 Å². The van der Waals surface area contributed by atoms with Gasteiger partial charge in [-0.25, -0.2) is 4.39 Å². The number of carbonyl (C=O) groups is 1. The van der Waals surface area contributed by atoms with E-state index in [1.807, 2.05) is 0 Å². The molecule has 1 aromatic carbocycles. The maximum absolute atomic E-state index is 13.7. The molecule has 1 N–H and O–H groups in total. The minimum absolute atomic E-state index is 0.0675. The minimum atomic E-state index is -4.59. The Morgan fingerprint density at radius 1 is 1.33 bits per heavy atom. The van der Waals surface area contributed by atoms with Crippen LogP contribution in [0.25, 0.3) is 0 Å². The number of aliphatic carboxylic acids is 1. The largest absolute Gasteiger partial charge is 0.481 e. The Kier molecular flexibility index (Phi) is 2.83. The summed E-state index contributed by atoms with van der Waals surface area (Å²) in [6.07, 6.45) is -3.87. The Morgan fingerprint density at radius 2 is 1.94 bits per heavy atom. The molecular weight excluding hydrogens is 252 g/mol. The minimum Gasteiger partial charge on any atom is -0.481 e. The van der Waals surface area contributed by atoms with Crippen LogP contribution in [0.1, 0.15) is 30.4 Å². The summed E-state index contributed by atoms with van der Waals surface area (Å²) in [6.45, 7) is 0. The predicted octanol–water partition coefficient (Wildman–Crippen LogP) is 3.35. The SMILES string of the molecule is O=C(O)CC1(c2ccc(C(F)(F)F)cc2F)CC1. The van der Waals surface area contributed by atoms with Crippen molar-refractivity contribution in [1.29, 1.82) is 0 Å². The van der Waals surface area contributed by atoms with Crippen LogP contribution in [0.2, 0.25) is 0 Å². The fourth-order valence-electron chi connectivity index (χ4n) is 2.10. The monoisotopic (exact) mass is 262 g/mol. The van der Waals surface area contributed by atoms with Crippen LogP contribution in [-0.4, -0.2) is 11.1 Å². The Morgan fingerprint density at radius 3 is 2.33 bits per heavy atom. The summed E-state index contributed by atoms with van der Waals surface area (Å²) < 4.78 is 50.8. The van der Waals surface area contributed by atoms with Crippen LogP contribution in [0, 0.1) is 5.82 Å². The van der Waals surface area contributed by atoms with Gasteiger partial charge in [-0.15, -0.1) is 0 Å². The molecular formula is C12H10F4O2. The summed E-state index contributed by atoms with van der Waals surface area (Å²) in [6, 6.07) is 2.27. The van der Waals surface area contributed by atoms with Crippen molar-refractivity contribution in [2.24, 2.45) is 0 Å². The lowest BCUT2D eigenvalue weighted by Gasteiger charge is -2.15. The highest BCUT2D eigenvalue weighted by atomic mass is 19.4. The lowest BCUT2D eigenvalue weighted by molar-refractivity contribution is -0.139. The van der Waals surface area contributed by atoms with Crippen molar-refractivity contribution in [3.63, 3.8) is 0 Å². The average molecular weight is 262 g/mol. The third kappa shape index (κ3) is 2.32. The molecule has 0 atom stereocenters. The normalized spacial score (nSPS) is 17.6. The fourth-order valence-corrected chi connectivity index (χ4v) is 2.10. The van der Waals surface area contributed by atoms with E-state index < -0.39 is 28.9 Å². The number of rotatable bonds is 3. The lowest BCUT2D eigenvalue weighted by Crippen LogP contribution is -2.16. The van der Waals surface area contributed by atoms with E-state index in [4.69, 9.17) is 5.11 Å². The summed E-state index contributed by atoms with van der Waals surface area (Å²) >= 11 is 0. The molecule has 1 aliphatic rings. The van der Waals surface area contributed by atoms with E-state index in [0.717, 1.165) is 12.1 Å². The van der Waals surface area contributed by atoms with Gasteiger partial charge in [0, 0.05) is 5.41 Å². The van der Waals surface area contributed by atoms with Gasteiger partial charge in [-0.05, 0) is 30.5 Å². The first-order valence-corrected chi connectivity index (χ1v) is 5.34. The molecule has 0 spiro atoms. The topological polar surface area (TPSA) is 37.3 Å². The van der Waals surface area contributed by atoms with Crippen molar-refractivity contribution in [2.45, 2.75) is 30.9 Å². The van der Waals surface area contributed by atoms with Crippen molar-refractivity contribution < 1.29 is 27.5 Å². The number of hydrogen-bond donors (Lipinski definition) is 1. The third-order valence-electron chi connectivity index (χ3n) is 3.21. The molecule has 0 amide bonds. The van der Waals surface area contributed by atoms with E-state index in [-0.39, 0.29) is 12.0 Å². The van der Waals surface area contributed by atoms with Crippen LogP contribution >= 0.6 is 0 Å². The number of benzene rings is 1. The van der Waals surface area contributed by atoms with Crippen LogP contribution in [0.3, 0.4) is 0 Å². The number of carboxylic acids is 1. The van der Waals surface area contributed by atoms with E-state index in [0.29, 0.717) is 18.9 Å². The first kappa shape index (κ1) is 12.9. The summed E-state index contributed by atoms with van der Waals surface area (Å²) in [5.41, 5.74) is -1.81. The molecule has 0 radical (unpaired) electrons. The summed E-state index contributed by atoms with van der Waals surface area (Å²) in [5, 5.41) is 8.72. The van der Waals surface area contributed by atoms with Crippen molar-refractivity contribution in [3.05, 3.63) is 35.1 Å². The molecule has 1 saturated carbocycles. The molecule has 0 aromatic heterocycles. The number of alkyl halides is 3. The van der Waals surface area contributed by atoms with Crippen LogP contribution in [0.15, 0.2) is 18.2 Å². The number of halogens is 4. The highest BCUT2D eigenvalue weighted by molar-refractivity contribution is 5.70. The number of carboxylic acid groups (broad SMARTS) is 1. The first-order chi connectivity index (χ1) is 8.24. The van der Waals surface area contributed by atoms with E-state index in [1.54, 1.807) is 0 Å². The molecule has 1 fully saturated rings. The zero-order valence-electron chi connectivity index (χ0n) is 9.22. The second-order valence-electron chi connectivity index (χ2n) is 4.54. The van der Waals surface area contributed by atoms with E-state index in [1.165, 1.54) is 0 Å². The second-order valence-corrected chi connectivity index (χ2v) is 4.54. The standard InChI is InChI=1S/C12H10F4O2/c13-9-5-7(12(14,15)16)1-2-8(9)11(3-4-11)6-10(17)18/h1-2,5H,3-4,6H2,(H,17,18). The molecule has 2 nitrogen and oxygen atoms in total. The molecule has 18 heavy (non-hydrogen) atoms. The fraction of sp³-hybridized carbons (Fsp3) is 0.417. The quantitative estimate of drug-likeness (QED) is 0.848. The highest BCUT2D eigenvalue weighted by Gasteiger charge is 2.48. The molecule has 6 heteroatoms. The van der Waals surface area contributed by atoms with Crippen molar-refractivity contribution >= 4 is 5.97 Å². The van der Waals surface area contributed by atoms with Crippen LogP contribution in [0.4, 0.5) is 17.6 Å². The molecule has 0 heterocycles. The number of hydrogen-bond acceptors (Lipinski definition) is 1. The Bertz CT molecular complexity index is 489. The van der Waals surface area contributed by atoms with Gasteiger partial charge in [0.1, 0.15) is 5.82 Å². The van der Waals surface area contributed by atoms with Gasteiger partial charge in [-0.3, -0.25) is 4.79 Å². The Balaban J connectivity index is 2.34. The van der Waals surface area contributed by atoms with Crippen molar-refractivity contribution in [3.8, 4) is 0 Å². The van der Waals surface area contributed by atoms with E-state index in [2.05, 4.69) is 0 Å². The zero-order chi connectivity index (χ0) is 13.6. The van der Waals surface area contributed by atoms with Gasteiger partial charge in [-0.1, -0.05) is 6.07 Å². The molecule has 1 aromatic rings. The Labute approximate surface area is 100 Å². The van der Waals surface area contributed by atoms with Gasteiger partial charge in [-0.2, -0.15) is 13.2 Å². The molecule has 0 saturated heterocycles. The van der Waals surface area contributed by atoms with Crippen LogP contribution < -0.4 is 0 Å². The van der Waals surface area contributed by atoms with Gasteiger partial charge in [0.05, 0.1) is 12.0 Å². The lowest BCUT2D eigenvalue weighted by atomic mass is 9.91. The van der Waals surface area contributed by atoms with Crippen molar-refractivity contribution in [1.82, 2.24) is 0 Å². The molecule has 2 rings (SSSR count). The van der Waals surface area contributed by atoms with Gasteiger partial charge in [0.2, 0.25) is 0 Å². The van der Waals surface area contributed by atoms with Crippen LogP contribution in [-0.2, 0) is 16.4 Å². The predicted molar refractivity (Wildman–Crippen MR) is 54.6 cm³/mol. The smallest absolute Gasteiger partial charge is 0.416 e. The van der Waals surface area contributed by atoms with E-state index >= 15 is 0 Å². The summed E-state index contributed by atoms with van der Waals surface area (Å²) in [4.78, 5) is 10.7. The highest BCUT2D eigenvalue weighted by Crippen LogP contribution is 2.52. The summed E-state index contributed by atoms with van der Waals surface area (Å²) in [5.74, 6) is -2.06. The molecule has 1 aliphatic carbocycles. The maximum atomic E-state index is 13.7. The van der Waals surface area contributed by atoms with Gasteiger partial charge >= 0.3 is 12.1 Å². The Hall–Kier alpha value is -1.59. The molecule has 0 aliphatic heterocycles. The second kappa shape index (κ2) is 3.96. The maximum Gasteiger partial charge on any atom is 0.416 e. The first-order valence-electron chi connectivity index (χ1n) is 5.34. The van der Waals surface area contributed by atoms with Crippen molar-refractivity contribution in [2.75, 3.05) is 0 Å². The van der Waals surface area contributed by atoms with Crippen LogP contribution in [0.5, 0.6) is 0 Å².